The van der Waals surface area contributed by atoms with Crippen LogP contribution < -0.4 is 0 Å². The van der Waals surface area contributed by atoms with E-state index in [1.807, 2.05) is 6.92 Å². The Morgan fingerprint density at radius 1 is 1.19 bits per heavy atom. The molecule has 1 atom stereocenters. The first-order valence-corrected chi connectivity index (χ1v) is 5.70. The van der Waals surface area contributed by atoms with Crippen LogP contribution in [0.2, 0.25) is 0 Å². The largest absolute Gasteiger partial charge is 0.478 e. The molecule has 0 aromatic rings. The molecule has 0 radical (unpaired) electrons. The van der Waals surface area contributed by atoms with Gasteiger partial charge in [0.2, 0.25) is 0 Å². The van der Waals surface area contributed by atoms with E-state index in [9.17, 15) is 9.59 Å². The lowest BCUT2D eigenvalue weighted by atomic mass is 9.90. The van der Waals surface area contributed by atoms with Crippen LogP contribution in [0.1, 0.15) is 46.0 Å². The van der Waals surface area contributed by atoms with Gasteiger partial charge in [-0.1, -0.05) is 33.1 Å². The van der Waals surface area contributed by atoms with Crippen molar-refractivity contribution >= 4 is 11.9 Å². The third-order valence-electron chi connectivity index (χ3n) is 2.61. The van der Waals surface area contributed by atoms with Crippen LogP contribution >= 0.6 is 0 Å². The van der Waals surface area contributed by atoms with Crippen LogP contribution in [-0.4, -0.2) is 22.2 Å². The average Bonchev–Trinajstić information content (AvgIpc) is 2.21. The molecule has 0 aliphatic carbocycles. The molecule has 0 aromatic carbocycles. The van der Waals surface area contributed by atoms with E-state index < -0.39 is 11.9 Å². The van der Waals surface area contributed by atoms with Crippen molar-refractivity contribution in [2.45, 2.75) is 46.0 Å². The first-order chi connectivity index (χ1) is 7.52. The molecule has 0 rings (SSSR count). The smallest absolute Gasteiger partial charge is 0.332 e. The maximum Gasteiger partial charge on any atom is 0.332 e. The molecule has 4 heteroatoms. The van der Waals surface area contributed by atoms with Crippen LogP contribution in [0.5, 0.6) is 0 Å². The average molecular weight is 228 g/mol. The molecule has 0 saturated heterocycles. The molecule has 0 bridgehead atoms. The summed E-state index contributed by atoms with van der Waals surface area (Å²) >= 11 is 0. The van der Waals surface area contributed by atoms with E-state index in [-0.39, 0.29) is 11.5 Å². The summed E-state index contributed by atoms with van der Waals surface area (Å²) in [6, 6.07) is 0. The Balaban J connectivity index is 4.59. The van der Waals surface area contributed by atoms with Crippen molar-refractivity contribution in [3.05, 3.63) is 11.6 Å². The van der Waals surface area contributed by atoms with E-state index in [1.54, 1.807) is 0 Å². The lowest BCUT2D eigenvalue weighted by molar-refractivity contribution is -0.135. The molecule has 0 saturated carbocycles. The number of aliphatic carboxylic acids is 2. The van der Waals surface area contributed by atoms with E-state index in [1.165, 1.54) is 0 Å². The van der Waals surface area contributed by atoms with Gasteiger partial charge in [0.25, 0.3) is 0 Å². The van der Waals surface area contributed by atoms with Crippen LogP contribution in [0.4, 0.5) is 0 Å². The summed E-state index contributed by atoms with van der Waals surface area (Å²) in [7, 11) is 0. The second kappa shape index (κ2) is 7.91. The van der Waals surface area contributed by atoms with Crippen molar-refractivity contribution in [3.63, 3.8) is 0 Å². The molecule has 0 aliphatic heterocycles. The first-order valence-electron chi connectivity index (χ1n) is 5.70. The minimum absolute atomic E-state index is 0.0195. The Hall–Kier alpha value is -1.32. The lowest BCUT2D eigenvalue weighted by Crippen LogP contribution is -2.14. The van der Waals surface area contributed by atoms with Gasteiger partial charge in [-0.2, -0.15) is 0 Å². The molecule has 0 fully saturated rings. The van der Waals surface area contributed by atoms with Gasteiger partial charge in [0.05, 0.1) is 0 Å². The lowest BCUT2D eigenvalue weighted by Gasteiger charge is -2.14. The number of hydrogen-bond acceptors (Lipinski definition) is 2. The Bertz CT molecular complexity index is 268. The van der Waals surface area contributed by atoms with E-state index in [0.29, 0.717) is 6.42 Å². The van der Waals surface area contributed by atoms with Crippen molar-refractivity contribution in [1.82, 2.24) is 0 Å². The standard InChI is InChI=1S/C12H20O4/c1-3-5-6-7-9(4-2)10(12(15)16)8-11(13)14/h8-9H,3-7H2,1-2H3,(H,13,14)(H,15,16). The minimum Gasteiger partial charge on any atom is -0.478 e. The van der Waals surface area contributed by atoms with Gasteiger partial charge < -0.3 is 10.2 Å². The zero-order valence-electron chi connectivity index (χ0n) is 9.90. The van der Waals surface area contributed by atoms with Crippen LogP contribution in [0.25, 0.3) is 0 Å². The fourth-order valence-electron chi connectivity index (χ4n) is 1.71. The second-order valence-corrected chi connectivity index (χ2v) is 3.84. The van der Waals surface area contributed by atoms with Gasteiger partial charge >= 0.3 is 11.9 Å². The summed E-state index contributed by atoms with van der Waals surface area (Å²) in [6.45, 7) is 3.96. The quantitative estimate of drug-likeness (QED) is 0.494. The van der Waals surface area contributed by atoms with Crippen LogP contribution in [0.15, 0.2) is 11.6 Å². The van der Waals surface area contributed by atoms with E-state index in [0.717, 1.165) is 31.8 Å². The minimum atomic E-state index is -1.19. The highest BCUT2D eigenvalue weighted by Crippen LogP contribution is 2.22. The molecule has 2 N–H and O–H groups in total. The summed E-state index contributed by atoms with van der Waals surface area (Å²) in [5.41, 5.74) is 0.0195. The number of carboxylic acid groups (broad SMARTS) is 2. The maximum atomic E-state index is 10.9. The van der Waals surface area contributed by atoms with Gasteiger partial charge in [-0.15, -0.1) is 0 Å². The molecule has 0 amide bonds. The molecular formula is C12H20O4. The summed E-state index contributed by atoms with van der Waals surface area (Å²) in [4.78, 5) is 21.5. The predicted molar refractivity (Wildman–Crippen MR) is 61.3 cm³/mol. The van der Waals surface area contributed by atoms with Crippen molar-refractivity contribution in [2.75, 3.05) is 0 Å². The van der Waals surface area contributed by atoms with Crippen LogP contribution in [-0.2, 0) is 9.59 Å². The molecule has 0 heterocycles. The highest BCUT2D eigenvalue weighted by Gasteiger charge is 2.19. The van der Waals surface area contributed by atoms with Gasteiger partial charge in [0.15, 0.2) is 0 Å². The third-order valence-corrected chi connectivity index (χ3v) is 2.61. The molecular weight excluding hydrogens is 208 g/mol. The second-order valence-electron chi connectivity index (χ2n) is 3.84. The SMILES string of the molecule is CCCCCC(CC)C(=CC(=O)O)C(=O)O. The summed E-state index contributed by atoms with van der Waals surface area (Å²) in [5.74, 6) is -2.46. The van der Waals surface area contributed by atoms with Crippen LogP contribution in [0, 0.1) is 5.92 Å². The molecule has 16 heavy (non-hydrogen) atoms. The van der Waals surface area contributed by atoms with E-state index in [4.69, 9.17) is 10.2 Å². The topological polar surface area (TPSA) is 74.6 Å². The monoisotopic (exact) mass is 228 g/mol. The van der Waals surface area contributed by atoms with Gasteiger partial charge in [0, 0.05) is 11.6 Å². The maximum absolute atomic E-state index is 10.9. The van der Waals surface area contributed by atoms with Crippen molar-refractivity contribution < 1.29 is 19.8 Å². The summed E-state index contributed by atoms with van der Waals surface area (Å²) < 4.78 is 0. The molecule has 0 aromatic heterocycles. The highest BCUT2D eigenvalue weighted by molar-refractivity contribution is 5.95. The van der Waals surface area contributed by atoms with Crippen LogP contribution in [0.3, 0.4) is 0 Å². The van der Waals surface area contributed by atoms with Gasteiger partial charge in [-0.25, -0.2) is 9.59 Å². The van der Waals surface area contributed by atoms with Crippen molar-refractivity contribution in [1.29, 1.82) is 0 Å². The number of hydrogen-bond donors (Lipinski definition) is 2. The van der Waals surface area contributed by atoms with Crippen molar-refractivity contribution in [2.24, 2.45) is 5.92 Å². The third kappa shape index (κ3) is 5.53. The van der Waals surface area contributed by atoms with Gasteiger partial charge in [-0.3, -0.25) is 0 Å². The fourth-order valence-corrected chi connectivity index (χ4v) is 1.71. The molecule has 0 aliphatic rings. The first kappa shape index (κ1) is 14.7. The summed E-state index contributed by atoms with van der Waals surface area (Å²) in [5, 5.41) is 17.6. The summed E-state index contributed by atoms with van der Waals surface area (Å²) in [6.07, 6.45) is 5.30. The molecule has 0 spiro atoms. The Kier molecular flexibility index (Phi) is 7.25. The van der Waals surface area contributed by atoms with E-state index >= 15 is 0 Å². The zero-order chi connectivity index (χ0) is 12.6. The van der Waals surface area contributed by atoms with Crippen molar-refractivity contribution in [3.8, 4) is 0 Å². The highest BCUT2D eigenvalue weighted by atomic mass is 16.4. The molecule has 92 valence electrons. The number of rotatable bonds is 8. The predicted octanol–water partition coefficient (Wildman–Crippen LogP) is 2.69. The Morgan fingerprint density at radius 3 is 2.19 bits per heavy atom. The molecule has 1 unspecified atom stereocenters. The fraction of sp³-hybridized carbons (Fsp3) is 0.667. The van der Waals surface area contributed by atoms with Gasteiger partial charge in [0.1, 0.15) is 0 Å². The van der Waals surface area contributed by atoms with Gasteiger partial charge in [-0.05, 0) is 18.8 Å². The Labute approximate surface area is 96.0 Å². The molecule has 4 nitrogen and oxygen atoms in total. The number of unbranched alkanes of at least 4 members (excludes halogenated alkanes) is 2. The zero-order valence-corrected chi connectivity index (χ0v) is 9.90. The normalized spacial score (nSPS) is 13.5. The van der Waals surface area contributed by atoms with E-state index in [2.05, 4.69) is 6.92 Å². The Morgan fingerprint density at radius 2 is 1.81 bits per heavy atom. The number of carbonyl (C=O) groups is 2. The number of carboxylic acids is 2.